The lowest BCUT2D eigenvalue weighted by Crippen LogP contribution is -2.27. The van der Waals surface area contributed by atoms with Crippen LogP contribution in [0.5, 0.6) is 0 Å². The van der Waals surface area contributed by atoms with Gasteiger partial charge in [0, 0.05) is 25.6 Å². The standard InChI is InChI=1S/C12H15ClFNO2.ClH/c13-10-2-1-8(5-11(10)14)12-9(7-16)6-15-3-4-17-12;/h1-2,5,9,12,15-16H,3-4,6-7H2;1H. The second-order valence-corrected chi connectivity index (χ2v) is 4.52. The predicted molar refractivity (Wildman–Crippen MR) is 70.8 cm³/mol. The van der Waals surface area contributed by atoms with Gasteiger partial charge in [0.05, 0.1) is 17.7 Å². The molecule has 2 atom stereocenters. The monoisotopic (exact) mass is 295 g/mol. The first-order chi connectivity index (χ1) is 8.22. The largest absolute Gasteiger partial charge is 0.396 e. The summed E-state index contributed by atoms with van der Waals surface area (Å²) in [5.41, 5.74) is 0.717. The molecule has 2 N–H and O–H groups in total. The number of aliphatic hydroxyl groups is 1. The zero-order valence-corrected chi connectivity index (χ0v) is 11.3. The SMILES string of the molecule is Cl.OCC1CNCCOC1c1ccc(Cl)c(F)c1. The summed E-state index contributed by atoms with van der Waals surface area (Å²) in [6.45, 7) is 1.95. The molecule has 0 amide bonds. The van der Waals surface area contributed by atoms with Crippen molar-refractivity contribution in [3.05, 3.63) is 34.6 Å². The van der Waals surface area contributed by atoms with Crippen molar-refractivity contribution in [1.29, 1.82) is 0 Å². The Morgan fingerprint density at radius 3 is 2.94 bits per heavy atom. The van der Waals surface area contributed by atoms with Gasteiger partial charge in [-0.3, -0.25) is 0 Å². The van der Waals surface area contributed by atoms with Crippen molar-refractivity contribution in [3.63, 3.8) is 0 Å². The van der Waals surface area contributed by atoms with Crippen LogP contribution in [-0.4, -0.2) is 31.4 Å². The average Bonchev–Trinajstić information content (AvgIpc) is 2.57. The van der Waals surface area contributed by atoms with E-state index in [-0.39, 0.29) is 36.1 Å². The van der Waals surface area contributed by atoms with Crippen LogP contribution in [-0.2, 0) is 4.74 Å². The fourth-order valence-electron chi connectivity index (χ4n) is 2.01. The lowest BCUT2D eigenvalue weighted by Gasteiger charge is -2.23. The quantitative estimate of drug-likeness (QED) is 0.879. The minimum Gasteiger partial charge on any atom is -0.396 e. The third-order valence-electron chi connectivity index (χ3n) is 2.92. The van der Waals surface area contributed by atoms with E-state index in [0.29, 0.717) is 13.2 Å². The van der Waals surface area contributed by atoms with E-state index in [1.54, 1.807) is 6.07 Å². The summed E-state index contributed by atoms with van der Waals surface area (Å²) in [4.78, 5) is 0. The molecule has 0 aliphatic carbocycles. The molecular weight excluding hydrogens is 280 g/mol. The Balaban J connectivity index is 0.00000162. The molecule has 0 bridgehead atoms. The maximum Gasteiger partial charge on any atom is 0.142 e. The van der Waals surface area contributed by atoms with Crippen LogP contribution in [0.25, 0.3) is 0 Å². The van der Waals surface area contributed by atoms with Crippen molar-refractivity contribution in [2.45, 2.75) is 6.10 Å². The third-order valence-corrected chi connectivity index (χ3v) is 3.22. The fourth-order valence-corrected chi connectivity index (χ4v) is 2.12. The van der Waals surface area contributed by atoms with Crippen molar-refractivity contribution in [1.82, 2.24) is 5.32 Å². The molecule has 2 unspecified atom stereocenters. The highest BCUT2D eigenvalue weighted by Gasteiger charge is 2.26. The summed E-state index contributed by atoms with van der Waals surface area (Å²) in [5.74, 6) is -0.528. The van der Waals surface area contributed by atoms with Crippen LogP contribution < -0.4 is 5.32 Å². The van der Waals surface area contributed by atoms with E-state index in [2.05, 4.69) is 5.32 Å². The Labute approximate surface area is 117 Å². The minimum atomic E-state index is -0.457. The zero-order valence-electron chi connectivity index (χ0n) is 9.73. The molecule has 0 spiro atoms. The predicted octanol–water partition coefficient (Wildman–Crippen LogP) is 2.17. The van der Waals surface area contributed by atoms with Crippen molar-refractivity contribution in [3.8, 4) is 0 Å². The van der Waals surface area contributed by atoms with Crippen LogP contribution in [0.3, 0.4) is 0 Å². The molecule has 1 saturated heterocycles. The molecular formula is C12H16Cl2FNO2. The Morgan fingerprint density at radius 1 is 1.50 bits per heavy atom. The molecule has 1 aliphatic rings. The minimum absolute atomic E-state index is 0. The fraction of sp³-hybridized carbons (Fsp3) is 0.500. The van der Waals surface area contributed by atoms with E-state index in [1.165, 1.54) is 12.1 Å². The normalized spacial score (nSPS) is 24.2. The van der Waals surface area contributed by atoms with E-state index in [1.807, 2.05) is 0 Å². The average molecular weight is 296 g/mol. The number of aliphatic hydroxyl groups excluding tert-OH is 1. The van der Waals surface area contributed by atoms with E-state index in [9.17, 15) is 9.50 Å². The molecule has 0 radical (unpaired) electrons. The number of ether oxygens (including phenoxy) is 1. The van der Waals surface area contributed by atoms with E-state index < -0.39 is 5.82 Å². The van der Waals surface area contributed by atoms with Crippen molar-refractivity contribution >= 4 is 24.0 Å². The number of nitrogens with one attached hydrogen (secondary N) is 1. The van der Waals surface area contributed by atoms with Crippen LogP contribution in [0.4, 0.5) is 4.39 Å². The molecule has 1 aromatic carbocycles. The highest BCUT2D eigenvalue weighted by Crippen LogP contribution is 2.29. The summed E-state index contributed by atoms with van der Waals surface area (Å²) < 4.78 is 19.1. The van der Waals surface area contributed by atoms with E-state index >= 15 is 0 Å². The van der Waals surface area contributed by atoms with Gasteiger partial charge in [0.25, 0.3) is 0 Å². The number of hydrogen-bond donors (Lipinski definition) is 2. The van der Waals surface area contributed by atoms with Gasteiger partial charge in [-0.15, -0.1) is 12.4 Å². The van der Waals surface area contributed by atoms with Gasteiger partial charge in [0.2, 0.25) is 0 Å². The highest BCUT2D eigenvalue weighted by molar-refractivity contribution is 6.30. The second kappa shape index (κ2) is 7.26. The molecule has 3 nitrogen and oxygen atoms in total. The molecule has 0 aromatic heterocycles. The summed E-state index contributed by atoms with van der Waals surface area (Å²) in [6, 6.07) is 4.63. The number of benzene rings is 1. The summed E-state index contributed by atoms with van der Waals surface area (Å²) in [6.07, 6.45) is -0.290. The van der Waals surface area contributed by atoms with Crippen molar-refractivity contribution in [2.24, 2.45) is 5.92 Å². The molecule has 2 rings (SSSR count). The lowest BCUT2D eigenvalue weighted by molar-refractivity contribution is 0.0113. The number of rotatable bonds is 2. The Hall–Kier alpha value is -0.390. The number of hydrogen-bond acceptors (Lipinski definition) is 3. The maximum absolute atomic E-state index is 13.4. The Bertz CT molecular complexity index is 392. The summed E-state index contributed by atoms with van der Waals surface area (Å²) in [7, 11) is 0. The molecule has 1 aromatic rings. The molecule has 18 heavy (non-hydrogen) atoms. The smallest absolute Gasteiger partial charge is 0.142 e. The zero-order chi connectivity index (χ0) is 12.3. The van der Waals surface area contributed by atoms with Gasteiger partial charge in [-0.05, 0) is 17.7 Å². The molecule has 0 saturated carbocycles. The highest BCUT2D eigenvalue weighted by atomic mass is 35.5. The van der Waals surface area contributed by atoms with E-state index in [0.717, 1.165) is 12.1 Å². The van der Waals surface area contributed by atoms with Gasteiger partial charge in [0.15, 0.2) is 0 Å². The van der Waals surface area contributed by atoms with Gasteiger partial charge >= 0.3 is 0 Å². The summed E-state index contributed by atoms with van der Waals surface area (Å²) >= 11 is 5.64. The Kier molecular flexibility index (Phi) is 6.32. The molecule has 102 valence electrons. The second-order valence-electron chi connectivity index (χ2n) is 4.11. The first-order valence-corrected chi connectivity index (χ1v) is 5.98. The lowest BCUT2D eigenvalue weighted by atomic mass is 9.96. The number of halogens is 3. The topological polar surface area (TPSA) is 41.5 Å². The van der Waals surface area contributed by atoms with Crippen LogP contribution in [0, 0.1) is 11.7 Å². The molecule has 1 aliphatic heterocycles. The molecule has 6 heteroatoms. The molecule has 1 heterocycles. The van der Waals surface area contributed by atoms with Crippen molar-refractivity contribution in [2.75, 3.05) is 26.3 Å². The molecule has 1 fully saturated rings. The van der Waals surface area contributed by atoms with Crippen LogP contribution in [0.15, 0.2) is 18.2 Å². The van der Waals surface area contributed by atoms with Gasteiger partial charge in [0.1, 0.15) is 5.82 Å². The van der Waals surface area contributed by atoms with Crippen LogP contribution >= 0.6 is 24.0 Å². The van der Waals surface area contributed by atoms with Gasteiger partial charge < -0.3 is 15.2 Å². The van der Waals surface area contributed by atoms with Crippen LogP contribution in [0.1, 0.15) is 11.7 Å². The van der Waals surface area contributed by atoms with E-state index in [4.69, 9.17) is 16.3 Å². The summed E-state index contributed by atoms with van der Waals surface area (Å²) in [5, 5.41) is 12.6. The Morgan fingerprint density at radius 2 is 2.28 bits per heavy atom. The third kappa shape index (κ3) is 3.56. The van der Waals surface area contributed by atoms with Crippen molar-refractivity contribution < 1.29 is 14.2 Å². The van der Waals surface area contributed by atoms with Gasteiger partial charge in [-0.1, -0.05) is 17.7 Å². The van der Waals surface area contributed by atoms with Gasteiger partial charge in [-0.2, -0.15) is 0 Å². The van der Waals surface area contributed by atoms with Gasteiger partial charge in [-0.25, -0.2) is 4.39 Å². The maximum atomic E-state index is 13.4. The van der Waals surface area contributed by atoms with Crippen LogP contribution in [0.2, 0.25) is 5.02 Å². The first-order valence-electron chi connectivity index (χ1n) is 5.60. The first kappa shape index (κ1) is 15.7.